The molecule has 2 aromatic carbocycles. The lowest BCUT2D eigenvalue weighted by atomic mass is 9.95. The molecule has 41 heavy (non-hydrogen) atoms. The molecule has 0 spiro atoms. The van der Waals surface area contributed by atoms with Crippen molar-refractivity contribution in [2.75, 3.05) is 0 Å². The first-order chi connectivity index (χ1) is 19.1. The van der Waals surface area contributed by atoms with Crippen molar-refractivity contribution in [1.82, 2.24) is 0 Å². The molecule has 0 aromatic heterocycles. The third-order valence-corrected chi connectivity index (χ3v) is 6.90. The SMILES string of the molecule is C=C(C)C(=O)OC(C)OP(=O)(OC(C)OC(=O)C(=C)C)OC(C)(OC(=O)C(=C)C)c1ccccc1-c1ccccc1. The quantitative estimate of drug-likeness (QED) is 0.0773. The van der Waals surface area contributed by atoms with Gasteiger partial charge in [-0.05, 0) is 45.7 Å². The Balaban J connectivity index is 2.64. The van der Waals surface area contributed by atoms with Crippen molar-refractivity contribution < 1.29 is 46.7 Å². The van der Waals surface area contributed by atoms with Crippen LogP contribution in [0.1, 0.15) is 47.1 Å². The molecular formula is C30H35O10P. The summed E-state index contributed by atoms with van der Waals surface area (Å²) in [6.45, 7) is 18.7. The first-order valence-corrected chi connectivity index (χ1v) is 14.0. The largest absolute Gasteiger partial charge is 0.484 e. The lowest BCUT2D eigenvalue weighted by Gasteiger charge is -2.35. The van der Waals surface area contributed by atoms with Crippen molar-refractivity contribution in [3.63, 3.8) is 0 Å². The minimum Gasteiger partial charge on any atom is -0.432 e. The van der Waals surface area contributed by atoms with Crippen LogP contribution < -0.4 is 0 Å². The predicted molar refractivity (Wildman–Crippen MR) is 152 cm³/mol. The van der Waals surface area contributed by atoms with E-state index in [4.69, 9.17) is 27.8 Å². The Hall–Kier alpha value is -3.82. The highest BCUT2D eigenvalue weighted by Gasteiger charge is 2.46. The summed E-state index contributed by atoms with van der Waals surface area (Å²) in [7, 11) is -4.91. The molecule has 0 saturated carbocycles. The number of rotatable bonds is 14. The first-order valence-electron chi connectivity index (χ1n) is 12.5. The monoisotopic (exact) mass is 586 g/mol. The van der Waals surface area contributed by atoms with Crippen molar-refractivity contribution in [2.24, 2.45) is 0 Å². The molecule has 10 nitrogen and oxygen atoms in total. The third-order valence-electron chi connectivity index (χ3n) is 5.22. The molecule has 3 unspecified atom stereocenters. The molecule has 0 amide bonds. The van der Waals surface area contributed by atoms with E-state index in [1.54, 1.807) is 24.3 Å². The Morgan fingerprint density at radius 3 is 1.63 bits per heavy atom. The molecule has 0 radical (unpaired) electrons. The van der Waals surface area contributed by atoms with Crippen molar-refractivity contribution in [1.29, 1.82) is 0 Å². The van der Waals surface area contributed by atoms with Gasteiger partial charge in [0.1, 0.15) is 0 Å². The minimum absolute atomic E-state index is 0.0289. The van der Waals surface area contributed by atoms with Gasteiger partial charge in [0.15, 0.2) is 0 Å². The van der Waals surface area contributed by atoms with Gasteiger partial charge in [-0.3, -0.25) is 0 Å². The van der Waals surface area contributed by atoms with Crippen LogP contribution in [0.25, 0.3) is 11.1 Å². The van der Waals surface area contributed by atoms with Gasteiger partial charge in [-0.1, -0.05) is 74.3 Å². The molecule has 0 N–H and O–H groups in total. The minimum atomic E-state index is -4.91. The topological polar surface area (TPSA) is 124 Å². The summed E-state index contributed by atoms with van der Waals surface area (Å²) in [6.07, 6.45) is -3.00. The Morgan fingerprint density at radius 1 is 0.732 bits per heavy atom. The molecule has 0 fully saturated rings. The Morgan fingerprint density at radius 2 is 1.17 bits per heavy atom. The standard InChI is InChI=1S/C30H35O10P/c1-19(2)27(31)35-22(7)38-41(34,39-23(8)36-28(32)20(3)4)40-30(9,37-29(33)21(5)6)26-18-14-13-17-25(26)24-15-11-10-12-16-24/h10-18,22-23H,1,3,5H2,2,4,6-9H3. The van der Waals surface area contributed by atoms with Gasteiger partial charge in [0.2, 0.25) is 18.4 Å². The second-order valence-corrected chi connectivity index (χ2v) is 10.8. The maximum absolute atomic E-state index is 14.2. The van der Waals surface area contributed by atoms with Crippen LogP contribution in [-0.2, 0) is 52.5 Å². The van der Waals surface area contributed by atoms with Gasteiger partial charge in [-0.25, -0.2) is 32.5 Å². The maximum atomic E-state index is 14.2. The van der Waals surface area contributed by atoms with Crippen LogP contribution in [0.4, 0.5) is 0 Å². The van der Waals surface area contributed by atoms with E-state index in [0.29, 0.717) is 5.56 Å². The summed E-state index contributed by atoms with van der Waals surface area (Å²) < 4.78 is 47.0. The Labute approximate surface area is 240 Å². The maximum Gasteiger partial charge on any atom is 0.484 e. The zero-order chi connectivity index (χ0) is 31.0. The van der Waals surface area contributed by atoms with E-state index in [1.807, 2.05) is 30.3 Å². The van der Waals surface area contributed by atoms with Crippen molar-refractivity contribution in [3.8, 4) is 11.1 Å². The number of carbonyl (C=O) groups excluding carboxylic acids is 3. The number of hydrogen-bond acceptors (Lipinski definition) is 10. The first kappa shape index (κ1) is 33.4. The molecule has 11 heteroatoms. The molecule has 0 heterocycles. The van der Waals surface area contributed by atoms with E-state index in [1.165, 1.54) is 41.5 Å². The van der Waals surface area contributed by atoms with Crippen molar-refractivity contribution in [3.05, 3.63) is 96.6 Å². The lowest BCUT2D eigenvalue weighted by molar-refractivity contribution is -0.207. The Bertz CT molecular complexity index is 1330. The molecule has 3 atom stereocenters. The summed E-state index contributed by atoms with van der Waals surface area (Å²) in [5, 5.41) is 0. The summed E-state index contributed by atoms with van der Waals surface area (Å²) in [6, 6.07) is 15.9. The second kappa shape index (κ2) is 14.2. The Kier molecular flexibility index (Phi) is 11.6. The molecule has 2 aromatic rings. The van der Waals surface area contributed by atoms with Gasteiger partial charge < -0.3 is 14.2 Å². The zero-order valence-corrected chi connectivity index (χ0v) is 24.9. The van der Waals surface area contributed by atoms with E-state index >= 15 is 0 Å². The van der Waals surface area contributed by atoms with E-state index in [9.17, 15) is 18.9 Å². The third kappa shape index (κ3) is 9.65. The fraction of sp³-hybridized carbons (Fsp3) is 0.300. The summed E-state index contributed by atoms with van der Waals surface area (Å²) in [5.74, 6) is -4.67. The molecule has 0 bridgehead atoms. The average Bonchev–Trinajstić information content (AvgIpc) is 2.88. The normalized spacial score (nSPS) is 15.3. The van der Waals surface area contributed by atoms with Gasteiger partial charge in [-0.2, -0.15) is 0 Å². The van der Waals surface area contributed by atoms with Crippen LogP contribution in [-0.4, -0.2) is 30.5 Å². The second-order valence-electron chi connectivity index (χ2n) is 9.28. The molecule has 2 rings (SSSR count). The number of carbonyl (C=O) groups is 3. The van der Waals surface area contributed by atoms with Gasteiger partial charge in [0.25, 0.3) is 0 Å². The van der Waals surface area contributed by atoms with E-state index in [0.717, 1.165) is 5.56 Å². The van der Waals surface area contributed by atoms with Gasteiger partial charge >= 0.3 is 25.7 Å². The van der Waals surface area contributed by atoms with Crippen molar-refractivity contribution >= 4 is 25.7 Å². The molecule has 0 aliphatic carbocycles. The zero-order valence-electron chi connectivity index (χ0n) is 24.0. The lowest BCUT2D eigenvalue weighted by Crippen LogP contribution is -2.34. The molecule has 0 aliphatic rings. The van der Waals surface area contributed by atoms with Crippen LogP contribution >= 0.6 is 7.82 Å². The molecule has 0 aliphatic heterocycles. The fourth-order valence-electron chi connectivity index (χ4n) is 3.33. The average molecular weight is 587 g/mol. The summed E-state index contributed by atoms with van der Waals surface area (Å²) >= 11 is 0. The van der Waals surface area contributed by atoms with Crippen molar-refractivity contribution in [2.45, 2.75) is 59.9 Å². The number of hydrogen-bond donors (Lipinski definition) is 0. The smallest absolute Gasteiger partial charge is 0.432 e. The number of phosphoric acid groups is 1. The van der Waals surface area contributed by atoms with Crippen LogP contribution in [0.2, 0.25) is 0 Å². The van der Waals surface area contributed by atoms with E-state index < -0.39 is 44.1 Å². The van der Waals surface area contributed by atoms with E-state index in [2.05, 4.69) is 19.7 Å². The highest BCUT2D eigenvalue weighted by molar-refractivity contribution is 7.48. The number of esters is 3. The molecular weight excluding hydrogens is 551 g/mol. The van der Waals surface area contributed by atoms with E-state index in [-0.39, 0.29) is 22.3 Å². The number of benzene rings is 2. The highest BCUT2D eigenvalue weighted by Crippen LogP contribution is 2.58. The number of phosphoric ester groups is 1. The summed E-state index contributed by atoms with van der Waals surface area (Å²) in [4.78, 5) is 37.0. The van der Waals surface area contributed by atoms with Crippen LogP contribution in [0.3, 0.4) is 0 Å². The number of ether oxygens (including phenoxy) is 3. The van der Waals surface area contributed by atoms with Crippen LogP contribution in [0.5, 0.6) is 0 Å². The van der Waals surface area contributed by atoms with Gasteiger partial charge in [-0.15, -0.1) is 0 Å². The summed E-state index contributed by atoms with van der Waals surface area (Å²) in [5.41, 5.74) is 1.71. The molecule has 0 saturated heterocycles. The van der Waals surface area contributed by atoms with Gasteiger partial charge in [0, 0.05) is 29.2 Å². The van der Waals surface area contributed by atoms with Crippen LogP contribution in [0, 0.1) is 0 Å². The highest BCUT2D eigenvalue weighted by atomic mass is 31.2. The molecule has 220 valence electrons. The fourth-order valence-corrected chi connectivity index (χ4v) is 4.84. The predicted octanol–water partition coefficient (Wildman–Crippen LogP) is 6.73. The van der Waals surface area contributed by atoms with Gasteiger partial charge in [0.05, 0.1) is 0 Å². The van der Waals surface area contributed by atoms with Crippen LogP contribution in [0.15, 0.2) is 91.1 Å².